The number of ether oxygens (including phenoxy) is 1. The van der Waals surface area contributed by atoms with E-state index in [9.17, 15) is 13.6 Å². The summed E-state index contributed by atoms with van der Waals surface area (Å²) in [4.78, 5) is 25.3. The summed E-state index contributed by atoms with van der Waals surface area (Å²) >= 11 is 0. The van der Waals surface area contributed by atoms with Gasteiger partial charge in [-0.3, -0.25) is 9.78 Å². The van der Waals surface area contributed by atoms with Crippen molar-refractivity contribution >= 4 is 11.7 Å². The van der Waals surface area contributed by atoms with Crippen molar-refractivity contribution in [1.29, 1.82) is 0 Å². The molecule has 0 spiro atoms. The van der Waals surface area contributed by atoms with Gasteiger partial charge in [-0.05, 0) is 12.1 Å². The zero-order valence-corrected chi connectivity index (χ0v) is 17.5. The summed E-state index contributed by atoms with van der Waals surface area (Å²) in [7, 11) is 0. The SMILES string of the molecule is CC(=O)N1Cc2ncc(N3CCC(Oc4ccc(F)cc4F)CC3)nc2C(C)(C)C1. The molecule has 6 nitrogen and oxygen atoms in total. The van der Waals surface area contributed by atoms with Crippen LogP contribution in [0, 0.1) is 11.6 Å². The molecule has 160 valence electrons. The van der Waals surface area contributed by atoms with Crippen LogP contribution in [-0.4, -0.2) is 46.5 Å². The fourth-order valence-electron chi connectivity index (χ4n) is 4.18. The molecule has 8 heteroatoms. The van der Waals surface area contributed by atoms with Crippen molar-refractivity contribution in [3.63, 3.8) is 0 Å². The summed E-state index contributed by atoms with van der Waals surface area (Å²) in [6.07, 6.45) is 3.04. The number of amides is 1. The zero-order valence-electron chi connectivity index (χ0n) is 17.5. The molecule has 1 aromatic heterocycles. The Morgan fingerprint density at radius 3 is 2.63 bits per heavy atom. The van der Waals surface area contributed by atoms with Gasteiger partial charge in [-0.2, -0.15) is 0 Å². The first-order valence-electron chi connectivity index (χ1n) is 10.2. The number of halogens is 2. The van der Waals surface area contributed by atoms with Crippen LogP contribution in [0.1, 0.15) is 45.0 Å². The molecular weight excluding hydrogens is 390 g/mol. The lowest BCUT2D eigenvalue weighted by atomic mass is 9.84. The van der Waals surface area contributed by atoms with Crippen molar-refractivity contribution in [2.24, 2.45) is 0 Å². The number of carbonyl (C=O) groups excluding carboxylic acids is 1. The number of piperidine rings is 1. The van der Waals surface area contributed by atoms with Gasteiger partial charge in [0.05, 0.1) is 24.1 Å². The first-order chi connectivity index (χ1) is 14.2. The highest BCUT2D eigenvalue weighted by Gasteiger charge is 2.36. The largest absolute Gasteiger partial charge is 0.487 e. The number of hydrogen-bond donors (Lipinski definition) is 0. The van der Waals surface area contributed by atoms with Crippen molar-refractivity contribution in [2.45, 2.75) is 51.7 Å². The normalized spacial score (nSPS) is 18.8. The Labute approximate surface area is 174 Å². The molecule has 0 bridgehead atoms. The second-order valence-corrected chi connectivity index (χ2v) is 8.66. The molecule has 2 aliphatic rings. The van der Waals surface area contributed by atoms with Gasteiger partial charge in [0.25, 0.3) is 0 Å². The highest BCUT2D eigenvalue weighted by atomic mass is 19.1. The molecule has 4 rings (SSSR count). The minimum absolute atomic E-state index is 0.0410. The summed E-state index contributed by atoms with van der Waals surface area (Å²) in [5.74, 6) is -0.362. The van der Waals surface area contributed by atoms with Crippen LogP contribution >= 0.6 is 0 Å². The third kappa shape index (κ3) is 4.08. The second kappa shape index (κ2) is 7.81. The maximum atomic E-state index is 13.8. The van der Waals surface area contributed by atoms with Gasteiger partial charge in [0.1, 0.15) is 17.7 Å². The number of carbonyl (C=O) groups is 1. The average molecular weight is 416 g/mol. The van der Waals surface area contributed by atoms with E-state index in [0.717, 1.165) is 23.3 Å². The van der Waals surface area contributed by atoms with Crippen LogP contribution in [0.4, 0.5) is 14.6 Å². The topological polar surface area (TPSA) is 58.6 Å². The fraction of sp³-hybridized carbons (Fsp3) is 0.500. The highest BCUT2D eigenvalue weighted by Crippen LogP contribution is 2.33. The van der Waals surface area contributed by atoms with E-state index in [-0.39, 0.29) is 23.2 Å². The Balaban J connectivity index is 1.44. The van der Waals surface area contributed by atoms with Crippen LogP contribution in [0.3, 0.4) is 0 Å². The van der Waals surface area contributed by atoms with Crippen molar-refractivity contribution in [3.8, 4) is 5.75 Å². The number of benzene rings is 1. The minimum atomic E-state index is -0.681. The van der Waals surface area contributed by atoms with Gasteiger partial charge < -0.3 is 14.5 Å². The summed E-state index contributed by atoms with van der Waals surface area (Å²) < 4.78 is 32.6. The van der Waals surface area contributed by atoms with Crippen molar-refractivity contribution in [2.75, 3.05) is 24.5 Å². The third-order valence-electron chi connectivity index (χ3n) is 5.80. The lowest BCUT2D eigenvalue weighted by Gasteiger charge is -2.39. The molecule has 1 saturated heterocycles. The molecule has 1 amide bonds. The third-order valence-corrected chi connectivity index (χ3v) is 5.80. The van der Waals surface area contributed by atoms with E-state index in [4.69, 9.17) is 9.72 Å². The summed E-state index contributed by atoms with van der Waals surface area (Å²) in [6.45, 7) is 8.26. The molecule has 2 aliphatic heterocycles. The Kier molecular flexibility index (Phi) is 5.34. The molecule has 0 saturated carbocycles. The summed E-state index contributed by atoms with van der Waals surface area (Å²) in [5, 5.41) is 0. The molecule has 0 unspecified atom stereocenters. The van der Waals surface area contributed by atoms with E-state index in [1.165, 1.54) is 12.1 Å². The molecule has 1 fully saturated rings. The molecular formula is C22H26F2N4O2. The average Bonchev–Trinajstić information content (AvgIpc) is 2.70. The van der Waals surface area contributed by atoms with Gasteiger partial charge in [-0.15, -0.1) is 0 Å². The van der Waals surface area contributed by atoms with Gasteiger partial charge in [-0.1, -0.05) is 13.8 Å². The number of aromatic nitrogens is 2. The van der Waals surface area contributed by atoms with Crippen LogP contribution in [0.25, 0.3) is 0 Å². The molecule has 0 atom stereocenters. The molecule has 0 aliphatic carbocycles. The molecule has 0 N–H and O–H groups in total. The Morgan fingerprint density at radius 1 is 1.23 bits per heavy atom. The molecule has 3 heterocycles. The van der Waals surface area contributed by atoms with Crippen molar-refractivity contribution < 1.29 is 18.3 Å². The second-order valence-electron chi connectivity index (χ2n) is 8.66. The number of hydrogen-bond acceptors (Lipinski definition) is 5. The van der Waals surface area contributed by atoms with E-state index < -0.39 is 11.6 Å². The quantitative estimate of drug-likeness (QED) is 0.767. The standard InChI is InChI=1S/C22H26F2N4O2/c1-14(29)28-12-18-21(22(2,3)13-28)26-20(11-25-18)27-8-6-16(7-9-27)30-19-5-4-15(23)10-17(19)24/h4-5,10-11,16H,6-9,12-13H2,1-3H3. The van der Waals surface area contributed by atoms with Gasteiger partial charge in [0.15, 0.2) is 11.6 Å². The van der Waals surface area contributed by atoms with E-state index in [1.807, 2.05) is 0 Å². The number of anilines is 1. The first kappa shape index (κ1) is 20.5. The van der Waals surface area contributed by atoms with Crippen LogP contribution in [0.2, 0.25) is 0 Å². The molecule has 1 aromatic carbocycles. The summed E-state index contributed by atoms with van der Waals surface area (Å²) in [5.41, 5.74) is 1.50. The number of rotatable bonds is 3. The van der Waals surface area contributed by atoms with Gasteiger partial charge >= 0.3 is 0 Å². The fourth-order valence-corrected chi connectivity index (χ4v) is 4.18. The predicted molar refractivity (Wildman–Crippen MR) is 108 cm³/mol. The van der Waals surface area contributed by atoms with Crippen LogP contribution < -0.4 is 9.64 Å². The smallest absolute Gasteiger partial charge is 0.219 e. The predicted octanol–water partition coefficient (Wildman–Crippen LogP) is 3.44. The maximum absolute atomic E-state index is 13.8. The van der Waals surface area contributed by atoms with E-state index >= 15 is 0 Å². The van der Waals surface area contributed by atoms with Crippen molar-refractivity contribution in [3.05, 3.63) is 47.4 Å². The first-order valence-corrected chi connectivity index (χ1v) is 10.2. The number of nitrogens with zero attached hydrogens (tertiary/aromatic N) is 4. The lowest BCUT2D eigenvalue weighted by molar-refractivity contribution is -0.130. The molecule has 2 aromatic rings. The van der Waals surface area contributed by atoms with Crippen molar-refractivity contribution in [1.82, 2.24) is 14.9 Å². The molecule has 30 heavy (non-hydrogen) atoms. The lowest BCUT2D eigenvalue weighted by Crippen LogP contribution is -2.46. The number of fused-ring (bicyclic) bond motifs is 1. The monoisotopic (exact) mass is 416 g/mol. The Morgan fingerprint density at radius 2 is 1.97 bits per heavy atom. The van der Waals surface area contributed by atoms with Gasteiger partial charge in [0, 0.05) is 50.9 Å². The highest BCUT2D eigenvalue weighted by molar-refractivity contribution is 5.73. The minimum Gasteiger partial charge on any atom is -0.487 e. The van der Waals surface area contributed by atoms with Gasteiger partial charge in [0.2, 0.25) is 5.91 Å². The van der Waals surface area contributed by atoms with Crippen LogP contribution in [0.5, 0.6) is 5.75 Å². The van der Waals surface area contributed by atoms with E-state index in [2.05, 4.69) is 23.7 Å². The van der Waals surface area contributed by atoms with E-state index in [1.54, 1.807) is 18.0 Å². The van der Waals surface area contributed by atoms with E-state index in [0.29, 0.717) is 39.0 Å². The maximum Gasteiger partial charge on any atom is 0.219 e. The summed E-state index contributed by atoms with van der Waals surface area (Å²) in [6, 6.07) is 3.37. The Hall–Kier alpha value is -2.77. The zero-order chi connectivity index (χ0) is 21.5. The Bertz CT molecular complexity index is 958. The van der Waals surface area contributed by atoms with Crippen LogP contribution in [0.15, 0.2) is 24.4 Å². The van der Waals surface area contributed by atoms with Gasteiger partial charge in [-0.25, -0.2) is 13.8 Å². The van der Waals surface area contributed by atoms with Crippen LogP contribution in [-0.2, 0) is 16.8 Å². The molecule has 0 radical (unpaired) electrons.